The predicted molar refractivity (Wildman–Crippen MR) is 99.0 cm³/mol. The lowest BCUT2D eigenvalue weighted by Crippen LogP contribution is -2.55. The summed E-state index contributed by atoms with van der Waals surface area (Å²) in [5.74, 6) is 0.293. The largest absolute Gasteiger partial charge is 0.382 e. The van der Waals surface area contributed by atoms with E-state index in [1.807, 2.05) is 0 Å². The molecule has 3 N–H and O–H groups in total. The van der Waals surface area contributed by atoms with Gasteiger partial charge in [0, 0.05) is 30.4 Å². The fraction of sp³-hybridized carbons (Fsp3) is 0.650. The van der Waals surface area contributed by atoms with Gasteiger partial charge < -0.3 is 16.0 Å². The monoisotopic (exact) mass is 329 g/mol. The van der Waals surface area contributed by atoms with Gasteiger partial charge in [-0.3, -0.25) is 4.79 Å². The van der Waals surface area contributed by atoms with Gasteiger partial charge in [0.2, 0.25) is 5.91 Å². The third-order valence-electron chi connectivity index (χ3n) is 5.75. The molecule has 2 fully saturated rings. The highest BCUT2D eigenvalue weighted by Crippen LogP contribution is 2.33. The highest BCUT2D eigenvalue weighted by atomic mass is 16.2. The van der Waals surface area contributed by atoms with E-state index >= 15 is 0 Å². The van der Waals surface area contributed by atoms with Crippen LogP contribution in [0.1, 0.15) is 51.0 Å². The standard InChI is InChI=1S/C20H31N3O/c1-15-6-5-7-17(14-15)22-16-9-12-23(13-10-16)19(24)18-8-3-4-11-20(18,2)21/h5-7,14,16,18,22H,3-4,8-13,21H2,1-2H3. The van der Waals surface area contributed by atoms with E-state index < -0.39 is 0 Å². The molecule has 24 heavy (non-hydrogen) atoms. The molecule has 0 spiro atoms. The van der Waals surface area contributed by atoms with Crippen LogP contribution in [0.3, 0.4) is 0 Å². The Morgan fingerprint density at radius 1 is 1.25 bits per heavy atom. The van der Waals surface area contributed by atoms with Crippen LogP contribution in [0.4, 0.5) is 5.69 Å². The van der Waals surface area contributed by atoms with E-state index in [-0.39, 0.29) is 17.4 Å². The summed E-state index contributed by atoms with van der Waals surface area (Å²) in [6.07, 6.45) is 6.22. The van der Waals surface area contributed by atoms with Crippen molar-refractivity contribution in [3.63, 3.8) is 0 Å². The van der Waals surface area contributed by atoms with E-state index in [2.05, 4.69) is 48.3 Å². The molecule has 1 aliphatic heterocycles. The van der Waals surface area contributed by atoms with Crippen molar-refractivity contribution >= 4 is 11.6 Å². The number of rotatable bonds is 3. The van der Waals surface area contributed by atoms with Crippen molar-refractivity contribution in [2.24, 2.45) is 11.7 Å². The Kier molecular flexibility index (Phi) is 5.14. The summed E-state index contributed by atoms with van der Waals surface area (Å²) in [6, 6.07) is 8.94. The molecule has 2 aliphatic rings. The zero-order valence-corrected chi connectivity index (χ0v) is 15.1. The molecule has 2 atom stereocenters. The van der Waals surface area contributed by atoms with Crippen molar-refractivity contribution in [3.05, 3.63) is 29.8 Å². The Morgan fingerprint density at radius 2 is 2.00 bits per heavy atom. The van der Waals surface area contributed by atoms with Crippen molar-refractivity contribution in [2.75, 3.05) is 18.4 Å². The van der Waals surface area contributed by atoms with E-state index in [4.69, 9.17) is 5.73 Å². The summed E-state index contributed by atoms with van der Waals surface area (Å²) in [7, 11) is 0. The van der Waals surface area contributed by atoms with Crippen molar-refractivity contribution < 1.29 is 4.79 Å². The second-order valence-electron chi connectivity index (χ2n) is 7.92. The summed E-state index contributed by atoms with van der Waals surface area (Å²) in [6.45, 7) is 5.85. The van der Waals surface area contributed by atoms with E-state index in [0.29, 0.717) is 6.04 Å². The molecular formula is C20H31N3O. The van der Waals surface area contributed by atoms with Gasteiger partial charge >= 0.3 is 0 Å². The van der Waals surface area contributed by atoms with Crippen LogP contribution in [0.2, 0.25) is 0 Å². The first-order valence-corrected chi connectivity index (χ1v) is 9.36. The molecule has 132 valence electrons. The van der Waals surface area contributed by atoms with Crippen LogP contribution in [0.25, 0.3) is 0 Å². The number of carbonyl (C=O) groups is 1. The molecule has 2 unspecified atom stereocenters. The number of aryl methyl sites for hydroxylation is 1. The maximum atomic E-state index is 12.9. The Hall–Kier alpha value is -1.55. The summed E-state index contributed by atoms with van der Waals surface area (Å²) in [5, 5.41) is 3.61. The van der Waals surface area contributed by atoms with Crippen LogP contribution in [0, 0.1) is 12.8 Å². The number of piperidine rings is 1. The number of benzene rings is 1. The number of anilines is 1. The molecule has 0 radical (unpaired) electrons. The molecule has 1 aliphatic carbocycles. The minimum Gasteiger partial charge on any atom is -0.382 e. The molecule has 0 aromatic heterocycles. The summed E-state index contributed by atoms with van der Waals surface area (Å²) in [4.78, 5) is 15.0. The van der Waals surface area contributed by atoms with E-state index in [1.165, 1.54) is 11.3 Å². The molecule has 1 amide bonds. The summed E-state index contributed by atoms with van der Waals surface area (Å²) < 4.78 is 0. The van der Waals surface area contributed by atoms with E-state index in [9.17, 15) is 4.79 Å². The molecular weight excluding hydrogens is 298 g/mol. The zero-order valence-electron chi connectivity index (χ0n) is 15.1. The van der Waals surface area contributed by atoms with Gasteiger partial charge in [-0.05, 0) is 57.2 Å². The Morgan fingerprint density at radius 3 is 2.67 bits per heavy atom. The van der Waals surface area contributed by atoms with Crippen LogP contribution in [0.5, 0.6) is 0 Å². The first kappa shape index (κ1) is 17.3. The van der Waals surface area contributed by atoms with E-state index in [1.54, 1.807) is 0 Å². The second kappa shape index (κ2) is 7.14. The number of amides is 1. The summed E-state index contributed by atoms with van der Waals surface area (Å²) >= 11 is 0. The highest BCUT2D eigenvalue weighted by Gasteiger charge is 2.40. The van der Waals surface area contributed by atoms with Gasteiger partial charge in [0.05, 0.1) is 5.92 Å². The van der Waals surface area contributed by atoms with Crippen LogP contribution in [0.15, 0.2) is 24.3 Å². The number of nitrogens with one attached hydrogen (secondary N) is 1. The average Bonchev–Trinajstić information content (AvgIpc) is 2.55. The lowest BCUT2D eigenvalue weighted by molar-refractivity contribution is -0.139. The number of nitrogens with zero attached hydrogens (tertiary/aromatic N) is 1. The molecule has 4 nitrogen and oxygen atoms in total. The Balaban J connectivity index is 1.54. The first-order chi connectivity index (χ1) is 11.5. The van der Waals surface area contributed by atoms with Crippen molar-refractivity contribution in [1.29, 1.82) is 0 Å². The maximum Gasteiger partial charge on any atom is 0.227 e. The van der Waals surface area contributed by atoms with Gasteiger partial charge in [0.1, 0.15) is 0 Å². The molecule has 1 heterocycles. The molecule has 3 rings (SSSR count). The molecule has 1 saturated heterocycles. The Labute approximate surface area is 145 Å². The van der Waals surface area contributed by atoms with Gasteiger partial charge in [-0.25, -0.2) is 0 Å². The lowest BCUT2D eigenvalue weighted by atomic mass is 9.74. The number of nitrogens with two attached hydrogens (primary N) is 1. The summed E-state index contributed by atoms with van der Waals surface area (Å²) in [5.41, 5.74) is 8.54. The topological polar surface area (TPSA) is 58.4 Å². The maximum absolute atomic E-state index is 12.9. The smallest absolute Gasteiger partial charge is 0.227 e. The number of likely N-dealkylation sites (tertiary alicyclic amines) is 1. The minimum absolute atomic E-state index is 0.00697. The van der Waals surface area contributed by atoms with Crippen molar-refractivity contribution in [2.45, 2.75) is 64.0 Å². The molecule has 4 heteroatoms. The molecule has 1 aromatic carbocycles. The average molecular weight is 329 g/mol. The van der Waals surface area contributed by atoms with Crippen LogP contribution in [-0.4, -0.2) is 35.5 Å². The SMILES string of the molecule is Cc1cccc(NC2CCN(C(=O)C3CCCCC3(C)N)CC2)c1. The van der Waals surface area contributed by atoms with E-state index in [0.717, 1.165) is 51.6 Å². The highest BCUT2D eigenvalue weighted by molar-refractivity contribution is 5.80. The van der Waals surface area contributed by atoms with Gasteiger partial charge in [-0.2, -0.15) is 0 Å². The quantitative estimate of drug-likeness (QED) is 0.894. The third-order valence-corrected chi connectivity index (χ3v) is 5.75. The van der Waals surface area contributed by atoms with Crippen LogP contribution >= 0.6 is 0 Å². The van der Waals surface area contributed by atoms with Crippen LogP contribution in [-0.2, 0) is 4.79 Å². The van der Waals surface area contributed by atoms with Crippen molar-refractivity contribution in [3.8, 4) is 0 Å². The molecule has 1 saturated carbocycles. The van der Waals surface area contributed by atoms with Gasteiger partial charge in [-0.1, -0.05) is 25.0 Å². The van der Waals surface area contributed by atoms with Gasteiger partial charge in [0.15, 0.2) is 0 Å². The fourth-order valence-corrected chi connectivity index (χ4v) is 4.20. The fourth-order valence-electron chi connectivity index (χ4n) is 4.20. The third kappa shape index (κ3) is 3.92. The second-order valence-corrected chi connectivity index (χ2v) is 7.92. The first-order valence-electron chi connectivity index (χ1n) is 9.36. The minimum atomic E-state index is -0.327. The van der Waals surface area contributed by atoms with Gasteiger partial charge in [-0.15, -0.1) is 0 Å². The Bertz CT molecular complexity index is 576. The van der Waals surface area contributed by atoms with Gasteiger partial charge in [0.25, 0.3) is 0 Å². The molecule has 0 bridgehead atoms. The van der Waals surface area contributed by atoms with Crippen molar-refractivity contribution in [1.82, 2.24) is 4.90 Å². The number of carbonyl (C=O) groups excluding carboxylic acids is 1. The predicted octanol–water partition coefficient (Wildman–Crippen LogP) is 3.31. The normalized spacial score (nSPS) is 28.6. The number of hydrogen-bond donors (Lipinski definition) is 2. The zero-order chi connectivity index (χ0) is 17.2. The van der Waals surface area contributed by atoms with Crippen LogP contribution < -0.4 is 11.1 Å². The lowest BCUT2D eigenvalue weighted by Gasteiger charge is -2.42. The molecule has 1 aromatic rings. The number of hydrogen-bond acceptors (Lipinski definition) is 3.